The predicted molar refractivity (Wildman–Crippen MR) is 143 cm³/mol. The number of hydrogen-bond acceptors (Lipinski definition) is 5. The van der Waals surface area contributed by atoms with Gasteiger partial charge in [-0.1, -0.05) is 83.3 Å². The van der Waals surface area contributed by atoms with Crippen LogP contribution in [0.4, 0.5) is 0 Å². The number of hydroxylamine groups is 1. The molecular formula is C28H23Cl3N2O3. The van der Waals surface area contributed by atoms with Gasteiger partial charge in [0, 0.05) is 22.6 Å². The monoisotopic (exact) mass is 540 g/mol. The SMILES string of the molecule is CC(c1ccc(Cl)c(Cl)c1)N1C(C2CC=CO2)C(c2ccccc2)=C(c2ccc(Cl)cc2)N1OC=O. The molecule has 0 saturated carbocycles. The Bertz CT molecular complexity index is 1300. The van der Waals surface area contributed by atoms with Crippen LogP contribution in [0.3, 0.4) is 0 Å². The summed E-state index contributed by atoms with van der Waals surface area (Å²) in [5.41, 5.74) is 4.45. The van der Waals surface area contributed by atoms with E-state index in [-0.39, 0.29) is 18.2 Å². The molecule has 184 valence electrons. The molecule has 8 heteroatoms. The van der Waals surface area contributed by atoms with Gasteiger partial charge in [-0.05, 0) is 48.4 Å². The van der Waals surface area contributed by atoms with Crippen molar-refractivity contribution in [2.24, 2.45) is 0 Å². The predicted octanol–water partition coefficient (Wildman–Crippen LogP) is 7.57. The molecule has 3 aromatic carbocycles. The summed E-state index contributed by atoms with van der Waals surface area (Å²) < 4.78 is 6.08. The average Bonchev–Trinajstić information content (AvgIpc) is 3.53. The molecule has 0 fully saturated rings. The van der Waals surface area contributed by atoms with Crippen molar-refractivity contribution >= 4 is 52.5 Å². The van der Waals surface area contributed by atoms with Crippen molar-refractivity contribution in [1.82, 2.24) is 10.2 Å². The Balaban J connectivity index is 1.73. The highest BCUT2D eigenvalue weighted by Crippen LogP contribution is 2.48. The maximum Gasteiger partial charge on any atom is 0.322 e. The zero-order valence-corrected chi connectivity index (χ0v) is 21.6. The lowest BCUT2D eigenvalue weighted by Gasteiger charge is -2.39. The Labute approximate surface area is 225 Å². The lowest BCUT2D eigenvalue weighted by molar-refractivity contribution is -0.238. The fraction of sp³-hybridized carbons (Fsp3) is 0.179. The second-order valence-electron chi connectivity index (χ2n) is 8.57. The fourth-order valence-corrected chi connectivity index (χ4v) is 5.27. The van der Waals surface area contributed by atoms with Crippen LogP contribution in [-0.2, 0) is 14.4 Å². The highest BCUT2D eigenvalue weighted by atomic mass is 35.5. The number of hydrogen-bond donors (Lipinski definition) is 0. The van der Waals surface area contributed by atoms with Crippen molar-refractivity contribution in [1.29, 1.82) is 0 Å². The molecule has 0 radical (unpaired) electrons. The summed E-state index contributed by atoms with van der Waals surface area (Å²) in [4.78, 5) is 17.6. The van der Waals surface area contributed by atoms with E-state index >= 15 is 0 Å². The quantitative estimate of drug-likeness (QED) is 0.289. The van der Waals surface area contributed by atoms with Gasteiger partial charge in [-0.15, -0.1) is 5.17 Å². The van der Waals surface area contributed by atoms with Crippen LogP contribution in [0.1, 0.15) is 36.1 Å². The highest BCUT2D eigenvalue weighted by molar-refractivity contribution is 6.42. The number of halogens is 3. The molecule has 0 aliphatic carbocycles. The summed E-state index contributed by atoms with van der Waals surface area (Å²) in [6.45, 7) is 2.47. The summed E-state index contributed by atoms with van der Waals surface area (Å²) in [5.74, 6) is 0. The smallest absolute Gasteiger partial charge is 0.322 e. The molecular weight excluding hydrogens is 519 g/mol. The summed E-state index contributed by atoms with van der Waals surface area (Å²) in [5, 5.41) is 5.13. The van der Waals surface area contributed by atoms with Crippen LogP contribution >= 0.6 is 34.8 Å². The van der Waals surface area contributed by atoms with Gasteiger partial charge >= 0.3 is 6.47 Å². The summed E-state index contributed by atoms with van der Waals surface area (Å²) in [6.07, 6.45) is 4.21. The van der Waals surface area contributed by atoms with E-state index in [1.54, 1.807) is 17.5 Å². The van der Waals surface area contributed by atoms with E-state index < -0.39 is 0 Å². The lowest BCUT2D eigenvalue weighted by Crippen LogP contribution is -2.48. The number of rotatable bonds is 7. The molecule has 5 nitrogen and oxygen atoms in total. The van der Waals surface area contributed by atoms with Crippen LogP contribution in [0.5, 0.6) is 0 Å². The first kappa shape index (κ1) is 24.7. The number of hydrazine groups is 1. The lowest BCUT2D eigenvalue weighted by atomic mass is 9.90. The third-order valence-corrected chi connectivity index (χ3v) is 7.47. The van der Waals surface area contributed by atoms with E-state index in [0.29, 0.717) is 28.0 Å². The summed E-state index contributed by atoms with van der Waals surface area (Å²) >= 11 is 18.8. The van der Waals surface area contributed by atoms with E-state index in [9.17, 15) is 4.79 Å². The first-order valence-electron chi connectivity index (χ1n) is 11.5. The largest absolute Gasteiger partial charge is 0.496 e. The highest BCUT2D eigenvalue weighted by Gasteiger charge is 2.49. The van der Waals surface area contributed by atoms with Crippen molar-refractivity contribution in [3.05, 3.63) is 117 Å². The molecule has 2 heterocycles. The summed E-state index contributed by atoms with van der Waals surface area (Å²) in [6, 6.07) is 22.5. The molecule has 0 N–H and O–H groups in total. The van der Waals surface area contributed by atoms with Crippen molar-refractivity contribution < 1.29 is 14.4 Å². The van der Waals surface area contributed by atoms with Gasteiger partial charge in [-0.2, -0.15) is 5.01 Å². The van der Waals surface area contributed by atoms with Crippen molar-refractivity contribution in [3.8, 4) is 0 Å². The number of carbonyl (C=O) groups excluding carboxylic acids is 1. The first-order chi connectivity index (χ1) is 17.5. The number of ether oxygens (including phenoxy) is 1. The molecule has 3 unspecified atom stereocenters. The average molecular weight is 542 g/mol. The van der Waals surface area contributed by atoms with E-state index in [0.717, 1.165) is 28.0 Å². The zero-order chi connectivity index (χ0) is 25.2. The van der Waals surface area contributed by atoms with Crippen LogP contribution in [0.2, 0.25) is 15.1 Å². The van der Waals surface area contributed by atoms with Crippen LogP contribution in [0.15, 0.2) is 85.1 Å². The van der Waals surface area contributed by atoms with E-state index in [1.165, 1.54) is 0 Å². The normalized spacial score (nSPS) is 20.5. The van der Waals surface area contributed by atoms with Gasteiger partial charge < -0.3 is 9.57 Å². The van der Waals surface area contributed by atoms with Gasteiger partial charge in [0.2, 0.25) is 0 Å². The van der Waals surface area contributed by atoms with Gasteiger partial charge in [-0.25, -0.2) is 0 Å². The molecule has 2 aliphatic rings. The van der Waals surface area contributed by atoms with Gasteiger partial charge in [0.05, 0.1) is 28.4 Å². The minimum Gasteiger partial charge on any atom is -0.496 e. The summed E-state index contributed by atoms with van der Waals surface area (Å²) in [7, 11) is 0. The van der Waals surface area contributed by atoms with E-state index in [2.05, 4.69) is 0 Å². The van der Waals surface area contributed by atoms with Gasteiger partial charge in [0.1, 0.15) is 11.8 Å². The minimum atomic E-state index is -0.294. The van der Waals surface area contributed by atoms with Gasteiger partial charge in [-0.3, -0.25) is 4.79 Å². The number of benzene rings is 3. The Morgan fingerprint density at radius 3 is 2.36 bits per heavy atom. The maximum atomic E-state index is 11.8. The van der Waals surface area contributed by atoms with Gasteiger partial charge in [0.25, 0.3) is 0 Å². The van der Waals surface area contributed by atoms with Gasteiger partial charge in [0.15, 0.2) is 0 Å². The maximum absolute atomic E-state index is 11.8. The fourth-order valence-electron chi connectivity index (χ4n) is 4.84. The molecule has 2 aliphatic heterocycles. The molecule has 0 bridgehead atoms. The molecule has 0 amide bonds. The van der Waals surface area contributed by atoms with Crippen LogP contribution in [0.25, 0.3) is 11.3 Å². The zero-order valence-electron chi connectivity index (χ0n) is 19.4. The number of nitrogens with zero attached hydrogens (tertiary/aromatic N) is 2. The molecule has 3 atom stereocenters. The Kier molecular flexibility index (Phi) is 7.26. The molecule has 3 aromatic rings. The van der Waals surface area contributed by atoms with E-state index in [1.807, 2.05) is 84.7 Å². The van der Waals surface area contributed by atoms with Crippen molar-refractivity contribution in [3.63, 3.8) is 0 Å². The second-order valence-corrected chi connectivity index (χ2v) is 9.82. The minimum absolute atomic E-state index is 0.215. The third-order valence-electron chi connectivity index (χ3n) is 6.48. The van der Waals surface area contributed by atoms with Crippen molar-refractivity contribution in [2.45, 2.75) is 31.5 Å². The Morgan fingerprint density at radius 2 is 1.72 bits per heavy atom. The topological polar surface area (TPSA) is 42.0 Å². The third kappa shape index (κ3) is 4.60. The Hall–Kier alpha value is -2.96. The van der Waals surface area contributed by atoms with Crippen molar-refractivity contribution in [2.75, 3.05) is 0 Å². The van der Waals surface area contributed by atoms with Crippen LogP contribution < -0.4 is 0 Å². The standard InChI is InChI=1S/C28H23Cl3N2O3/c1-18(21-11-14-23(30)24(31)16-21)32-28(25-8-5-15-35-25)26(19-6-3-2-4-7-19)27(33(32)36-17-34)20-9-12-22(29)13-10-20/h2-7,9-18,25,28H,8H2,1H3. The van der Waals surface area contributed by atoms with Crippen LogP contribution in [-0.4, -0.2) is 28.8 Å². The van der Waals surface area contributed by atoms with Crippen LogP contribution in [0, 0.1) is 0 Å². The molecule has 0 saturated heterocycles. The molecule has 5 rings (SSSR count). The molecule has 36 heavy (non-hydrogen) atoms. The first-order valence-corrected chi connectivity index (χ1v) is 12.6. The second kappa shape index (κ2) is 10.6. The molecule has 0 aromatic heterocycles. The molecule has 0 spiro atoms. The number of carbonyl (C=O) groups is 1. The van der Waals surface area contributed by atoms with E-state index in [4.69, 9.17) is 44.4 Å². The Morgan fingerprint density at radius 1 is 0.972 bits per heavy atom.